The zero-order valence-corrected chi connectivity index (χ0v) is 11.2. The molecular weight excluding hydrogens is 218 g/mol. The summed E-state index contributed by atoms with van der Waals surface area (Å²) in [6.07, 6.45) is 1.58. The molecule has 0 aromatic carbocycles. The fourth-order valence-electron chi connectivity index (χ4n) is 1.71. The highest BCUT2D eigenvalue weighted by molar-refractivity contribution is 4.90. The molecule has 0 radical (unpaired) electrons. The Balaban J connectivity index is 2.50. The molecule has 0 amide bonds. The molecule has 98 valence electrons. The minimum atomic E-state index is 0.234. The standard InChI is InChI=1S/C12H23N3O2/c1-5-13-10(8-16-4)7-12-14-11(15-17-12)6-9(2)3/h9-10,13H,5-8H2,1-4H3. The molecule has 0 saturated heterocycles. The smallest absolute Gasteiger partial charge is 0.228 e. The second-order valence-electron chi connectivity index (χ2n) is 4.62. The van der Waals surface area contributed by atoms with E-state index in [1.807, 2.05) is 0 Å². The van der Waals surface area contributed by atoms with Crippen LogP contribution < -0.4 is 5.32 Å². The highest BCUT2D eigenvalue weighted by Crippen LogP contribution is 2.06. The first-order valence-electron chi connectivity index (χ1n) is 6.19. The first-order chi connectivity index (χ1) is 8.15. The predicted molar refractivity (Wildman–Crippen MR) is 65.9 cm³/mol. The number of methoxy groups -OCH3 is 1. The highest BCUT2D eigenvalue weighted by atomic mass is 16.5. The van der Waals surface area contributed by atoms with Gasteiger partial charge in [0.15, 0.2) is 5.82 Å². The molecule has 1 N–H and O–H groups in total. The lowest BCUT2D eigenvalue weighted by Crippen LogP contribution is -2.35. The van der Waals surface area contributed by atoms with Gasteiger partial charge in [-0.2, -0.15) is 4.98 Å². The van der Waals surface area contributed by atoms with Gasteiger partial charge in [-0.15, -0.1) is 0 Å². The molecule has 1 aromatic heterocycles. The van der Waals surface area contributed by atoms with Crippen LogP contribution in [-0.4, -0.2) is 36.4 Å². The number of hydrogen-bond donors (Lipinski definition) is 1. The van der Waals surface area contributed by atoms with Gasteiger partial charge < -0.3 is 14.6 Å². The van der Waals surface area contributed by atoms with Crippen LogP contribution in [0.4, 0.5) is 0 Å². The van der Waals surface area contributed by atoms with Crippen molar-refractivity contribution < 1.29 is 9.26 Å². The number of likely N-dealkylation sites (N-methyl/N-ethyl adjacent to an activating group) is 1. The van der Waals surface area contributed by atoms with E-state index in [9.17, 15) is 0 Å². The Kier molecular flexibility index (Phi) is 6.15. The summed E-state index contributed by atoms with van der Waals surface area (Å²) in [7, 11) is 1.70. The molecule has 0 spiro atoms. The van der Waals surface area contributed by atoms with Gasteiger partial charge >= 0.3 is 0 Å². The number of nitrogens with one attached hydrogen (secondary N) is 1. The van der Waals surface area contributed by atoms with Crippen LogP contribution in [-0.2, 0) is 17.6 Å². The summed E-state index contributed by atoms with van der Waals surface area (Å²) in [6, 6.07) is 0.234. The zero-order chi connectivity index (χ0) is 12.7. The van der Waals surface area contributed by atoms with Crippen molar-refractivity contribution in [3.05, 3.63) is 11.7 Å². The molecule has 0 aliphatic heterocycles. The van der Waals surface area contributed by atoms with Crippen LogP contribution >= 0.6 is 0 Å². The number of rotatable bonds is 8. The maximum Gasteiger partial charge on any atom is 0.228 e. The molecular formula is C12H23N3O2. The summed E-state index contributed by atoms with van der Waals surface area (Å²) in [6.45, 7) is 7.90. The van der Waals surface area contributed by atoms with Crippen LogP contribution in [0.2, 0.25) is 0 Å². The third kappa shape index (κ3) is 5.28. The third-order valence-electron chi connectivity index (χ3n) is 2.38. The highest BCUT2D eigenvalue weighted by Gasteiger charge is 2.14. The van der Waals surface area contributed by atoms with Crippen molar-refractivity contribution in [2.75, 3.05) is 20.3 Å². The maximum absolute atomic E-state index is 5.23. The quantitative estimate of drug-likeness (QED) is 0.746. The Hall–Kier alpha value is -0.940. The second-order valence-corrected chi connectivity index (χ2v) is 4.62. The van der Waals surface area contributed by atoms with Crippen LogP contribution in [0.15, 0.2) is 4.52 Å². The SMILES string of the molecule is CCNC(COC)Cc1nc(CC(C)C)no1. The van der Waals surface area contributed by atoms with Gasteiger partial charge in [0.05, 0.1) is 6.61 Å². The van der Waals surface area contributed by atoms with Gasteiger partial charge in [-0.1, -0.05) is 25.9 Å². The lowest BCUT2D eigenvalue weighted by Gasteiger charge is -2.14. The monoisotopic (exact) mass is 241 g/mol. The van der Waals surface area contributed by atoms with Crippen LogP contribution in [0.3, 0.4) is 0 Å². The van der Waals surface area contributed by atoms with Crippen LogP contribution in [0.1, 0.15) is 32.5 Å². The predicted octanol–water partition coefficient (Wildman–Crippen LogP) is 1.44. The first kappa shape index (κ1) is 14.1. The van der Waals surface area contributed by atoms with Crippen molar-refractivity contribution in [2.24, 2.45) is 5.92 Å². The average Bonchev–Trinajstić information content (AvgIpc) is 2.65. The summed E-state index contributed by atoms with van der Waals surface area (Å²) in [5.74, 6) is 2.02. The van der Waals surface area contributed by atoms with Crippen molar-refractivity contribution in [2.45, 2.75) is 39.7 Å². The lowest BCUT2D eigenvalue weighted by atomic mass is 10.1. The fraction of sp³-hybridized carbons (Fsp3) is 0.833. The minimum absolute atomic E-state index is 0.234. The molecule has 1 unspecified atom stereocenters. The molecule has 1 heterocycles. The van der Waals surface area contributed by atoms with Gasteiger partial charge in [0.2, 0.25) is 5.89 Å². The zero-order valence-electron chi connectivity index (χ0n) is 11.2. The fourth-order valence-corrected chi connectivity index (χ4v) is 1.71. The lowest BCUT2D eigenvalue weighted by molar-refractivity contribution is 0.162. The largest absolute Gasteiger partial charge is 0.383 e. The maximum atomic E-state index is 5.23. The summed E-state index contributed by atoms with van der Waals surface area (Å²) in [4.78, 5) is 4.38. The van der Waals surface area contributed by atoms with E-state index in [2.05, 4.69) is 36.2 Å². The first-order valence-corrected chi connectivity index (χ1v) is 6.19. The molecule has 17 heavy (non-hydrogen) atoms. The molecule has 0 bridgehead atoms. The molecule has 5 nitrogen and oxygen atoms in total. The summed E-state index contributed by atoms with van der Waals surface area (Å²) in [5, 5.41) is 7.30. The molecule has 1 aromatic rings. The Bertz CT molecular complexity index is 306. The number of hydrogen-bond acceptors (Lipinski definition) is 5. The van der Waals surface area contributed by atoms with Crippen molar-refractivity contribution in [3.8, 4) is 0 Å². The van der Waals surface area contributed by atoms with Crippen LogP contribution in [0.25, 0.3) is 0 Å². The molecule has 0 aliphatic carbocycles. The molecule has 5 heteroatoms. The molecule has 0 fully saturated rings. The second kappa shape index (κ2) is 7.40. The van der Waals surface area contributed by atoms with E-state index in [1.165, 1.54) is 0 Å². The van der Waals surface area contributed by atoms with Gasteiger partial charge in [0, 0.05) is 26.0 Å². The van der Waals surface area contributed by atoms with Gasteiger partial charge in [-0.3, -0.25) is 0 Å². The van der Waals surface area contributed by atoms with E-state index in [0.29, 0.717) is 24.8 Å². The van der Waals surface area contributed by atoms with Gasteiger partial charge in [-0.25, -0.2) is 0 Å². The summed E-state index contributed by atoms with van der Waals surface area (Å²) >= 11 is 0. The van der Waals surface area contributed by atoms with E-state index >= 15 is 0 Å². The molecule has 0 saturated carbocycles. The Morgan fingerprint density at radius 2 is 2.12 bits per heavy atom. The Morgan fingerprint density at radius 3 is 2.71 bits per heavy atom. The van der Waals surface area contributed by atoms with Crippen molar-refractivity contribution in [3.63, 3.8) is 0 Å². The van der Waals surface area contributed by atoms with E-state index in [0.717, 1.165) is 18.8 Å². The minimum Gasteiger partial charge on any atom is -0.383 e. The number of nitrogens with zero attached hydrogens (tertiary/aromatic N) is 2. The van der Waals surface area contributed by atoms with E-state index in [4.69, 9.17) is 9.26 Å². The molecule has 1 atom stereocenters. The summed E-state index contributed by atoms with van der Waals surface area (Å²) in [5.41, 5.74) is 0. The van der Waals surface area contributed by atoms with Gasteiger partial charge in [0.25, 0.3) is 0 Å². The Labute approximate surface area is 103 Å². The number of ether oxygens (including phenoxy) is 1. The molecule has 0 aliphatic rings. The van der Waals surface area contributed by atoms with E-state index in [1.54, 1.807) is 7.11 Å². The Morgan fingerprint density at radius 1 is 1.35 bits per heavy atom. The van der Waals surface area contributed by atoms with Crippen LogP contribution in [0, 0.1) is 5.92 Å². The third-order valence-corrected chi connectivity index (χ3v) is 2.38. The van der Waals surface area contributed by atoms with E-state index < -0.39 is 0 Å². The molecule has 1 rings (SSSR count). The van der Waals surface area contributed by atoms with Crippen molar-refractivity contribution >= 4 is 0 Å². The summed E-state index contributed by atoms with van der Waals surface area (Å²) < 4.78 is 10.4. The van der Waals surface area contributed by atoms with Crippen molar-refractivity contribution in [1.82, 2.24) is 15.5 Å². The average molecular weight is 241 g/mol. The van der Waals surface area contributed by atoms with Gasteiger partial charge in [-0.05, 0) is 12.5 Å². The van der Waals surface area contributed by atoms with Crippen LogP contribution in [0.5, 0.6) is 0 Å². The van der Waals surface area contributed by atoms with Gasteiger partial charge in [0.1, 0.15) is 0 Å². The van der Waals surface area contributed by atoms with Crippen molar-refractivity contribution in [1.29, 1.82) is 0 Å². The topological polar surface area (TPSA) is 60.2 Å². The normalized spacial score (nSPS) is 13.2. The number of aromatic nitrogens is 2. The van der Waals surface area contributed by atoms with E-state index in [-0.39, 0.29) is 6.04 Å².